The molecule has 8 nitrogen and oxygen atoms in total. The number of halogens is 1. The second-order valence-corrected chi connectivity index (χ2v) is 6.36. The molecule has 23 heavy (non-hydrogen) atoms. The zero-order valence-corrected chi connectivity index (χ0v) is 13.8. The van der Waals surface area contributed by atoms with Gasteiger partial charge in [-0.3, -0.25) is 4.79 Å². The van der Waals surface area contributed by atoms with Crippen LogP contribution in [-0.2, 0) is 19.2 Å². The first-order valence-electron chi connectivity index (χ1n) is 7.18. The number of carboxylic acids is 1. The summed E-state index contributed by atoms with van der Waals surface area (Å²) >= 11 is 0. The molecule has 0 aromatic carbocycles. The van der Waals surface area contributed by atoms with Gasteiger partial charge in [-0.05, 0) is 30.6 Å². The minimum Gasteiger partial charge on any atom is -0.479 e. The number of amides is 1. The Balaban J connectivity index is 0.00000112. The summed E-state index contributed by atoms with van der Waals surface area (Å²) in [4.78, 5) is 39.8. The maximum absolute atomic E-state index is 12.0. The third-order valence-electron chi connectivity index (χ3n) is 4.29. The van der Waals surface area contributed by atoms with Crippen molar-refractivity contribution in [3.05, 3.63) is 0 Å². The van der Waals surface area contributed by atoms with E-state index >= 15 is 0 Å². The summed E-state index contributed by atoms with van der Waals surface area (Å²) in [6.45, 7) is 3.91. The lowest BCUT2D eigenvalue weighted by Crippen LogP contribution is -2.59. The maximum Gasteiger partial charge on any atom is 0.373 e. The first-order chi connectivity index (χ1) is 10.2. The Kier molecular flexibility index (Phi) is 7.86. The third kappa shape index (κ3) is 4.75. The van der Waals surface area contributed by atoms with Crippen LogP contribution in [0.3, 0.4) is 0 Å². The van der Waals surface area contributed by atoms with E-state index in [0.29, 0.717) is 12.8 Å². The highest BCUT2D eigenvalue weighted by atomic mass is 35.5. The van der Waals surface area contributed by atoms with E-state index < -0.39 is 29.6 Å². The van der Waals surface area contributed by atoms with Crippen molar-refractivity contribution in [1.82, 2.24) is 5.32 Å². The quantitative estimate of drug-likeness (QED) is 0.524. The number of hydrogen-bond acceptors (Lipinski definition) is 6. The van der Waals surface area contributed by atoms with Gasteiger partial charge in [-0.1, -0.05) is 13.8 Å². The zero-order chi connectivity index (χ0) is 17.1. The van der Waals surface area contributed by atoms with Crippen molar-refractivity contribution in [3.8, 4) is 0 Å². The van der Waals surface area contributed by atoms with Crippen LogP contribution in [-0.4, -0.2) is 45.9 Å². The van der Waals surface area contributed by atoms with Crippen molar-refractivity contribution in [2.24, 2.45) is 23.5 Å². The SMILES string of the molecule is CC(C)C[C@H](N)C(=O)N[C@@]1(C(=O)O)C[C@H](O)[C@H]2C[C@H]21.Cl.O=C=O. The molecule has 2 aliphatic rings. The molecule has 0 unspecified atom stereocenters. The van der Waals surface area contributed by atoms with Gasteiger partial charge in [-0.2, -0.15) is 9.59 Å². The lowest BCUT2D eigenvalue weighted by atomic mass is 9.91. The average molecular weight is 351 g/mol. The molecule has 5 N–H and O–H groups in total. The van der Waals surface area contributed by atoms with Gasteiger partial charge in [0.25, 0.3) is 0 Å². The van der Waals surface area contributed by atoms with E-state index in [1.54, 1.807) is 0 Å². The molecule has 9 heteroatoms. The third-order valence-corrected chi connectivity index (χ3v) is 4.29. The van der Waals surface area contributed by atoms with Gasteiger partial charge in [0.1, 0.15) is 5.54 Å². The number of rotatable bonds is 5. The highest BCUT2D eigenvalue weighted by molar-refractivity contribution is 5.90. The molecule has 0 aromatic rings. The number of carboxylic acid groups (broad SMARTS) is 1. The standard InChI is InChI=1S/C13H22N2O4.CO2.ClH/c1-6(2)3-9(14)11(17)15-13(12(18)19)5-10(16)7-4-8(7)13;2-1-3;/h6-10,16H,3-5,14H2,1-2H3,(H,15,17)(H,18,19);;1H/t7-,8+,9-,10-,13-;;/m0../s1. The molecule has 0 bridgehead atoms. The number of carbonyl (C=O) groups excluding carboxylic acids is 3. The van der Waals surface area contributed by atoms with Gasteiger partial charge in [0.15, 0.2) is 0 Å². The number of aliphatic carboxylic acids is 1. The molecule has 0 radical (unpaired) electrons. The molecule has 0 spiro atoms. The van der Waals surface area contributed by atoms with Crippen LogP contribution in [0.2, 0.25) is 0 Å². The van der Waals surface area contributed by atoms with Crippen molar-refractivity contribution in [2.75, 3.05) is 0 Å². The van der Waals surface area contributed by atoms with Crippen LogP contribution >= 0.6 is 12.4 Å². The predicted octanol–water partition coefficient (Wildman–Crippen LogP) is -0.462. The summed E-state index contributed by atoms with van der Waals surface area (Å²) < 4.78 is 0. The Morgan fingerprint density at radius 3 is 2.22 bits per heavy atom. The zero-order valence-electron chi connectivity index (χ0n) is 13.0. The van der Waals surface area contributed by atoms with Gasteiger partial charge in [-0.15, -0.1) is 12.4 Å². The number of hydrogen-bond donors (Lipinski definition) is 4. The van der Waals surface area contributed by atoms with Gasteiger partial charge in [0, 0.05) is 6.42 Å². The number of aliphatic hydroxyl groups is 1. The summed E-state index contributed by atoms with van der Waals surface area (Å²) in [6.07, 6.45) is 0.867. The van der Waals surface area contributed by atoms with E-state index in [1.807, 2.05) is 13.8 Å². The molecule has 1 amide bonds. The molecule has 0 saturated heterocycles. The molecule has 132 valence electrons. The van der Waals surface area contributed by atoms with E-state index in [-0.39, 0.29) is 42.7 Å². The molecular formula is C14H23ClN2O6. The summed E-state index contributed by atoms with van der Waals surface area (Å²) in [5, 5.41) is 21.8. The average Bonchev–Trinajstić information content (AvgIpc) is 3.13. The molecule has 0 aromatic heterocycles. The van der Waals surface area contributed by atoms with Crippen molar-refractivity contribution < 1.29 is 29.4 Å². The molecule has 0 heterocycles. The second kappa shape index (κ2) is 8.40. The van der Waals surface area contributed by atoms with E-state index in [2.05, 4.69) is 5.32 Å². The molecule has 5 atom stereocenters. The van der Waals surface area contributed by atoms with Gasteiger partial charge < -0.3 is 21.3 Å². The van der Waals surface area contributed by atoms with E-state index in [9.17, 15) is 19.8 Å². The normalized spacial score (nSPS) is 31.6. The van der Waals surface area contributed by atoms with Crippen LogP contribution < -0.4 is 11.1 Å². The van der Waals surface area contributed by atoms with E-state index in [4.69, 9.17) is 15.3 Å². The number of nitrogens with two attached hydrogens (primary N) is 1. The van der Waals surface area contributed by atoms with Gasteiger partial charge in [-0.25, -0.2) is 4.79 Å². The Morgan fingerprint density at radius 1 is 1.39 bits per heavy atom. The van der Waals surface area contributed by atoms with Crippen molar-refractivity contribution in [2.45, 2.75) is 50.8 Å². The van der Waals surface area contributed by atoms with Crippen LogP contribution in [0.4, 0.5) is 0 Å². The molecule has 2 fully saturated rings. The first kappa shape index (κ1) is 21.5. The molecule has 0 aliphatic heterocycles. The summed E-state index contributed by atoms with van der Waals surface area (Å²) in [7, 11) is 0. The monoisotopic (exact) mass is 350 g/mol. The van der Waals surface area contributed by atoms with Crippen LogP contribution in [0.5, 0.6) is 0 Å². The fourth-order valence-electron chi connectivity index (χ4n) is 3.21. The number of aliphatic hydroxyl groups excluding tert-OH is 1. The number of fused-ring (bicyclic) bond motifs is 1. The van der Waals surface area contributed by atoms with Gasteiger partial charge in [0.05, 0.1) is 12.1 Å². The summed E-state index contributed by atoms with van der Waals surface area (Å²) in [6, 6.07) is -0.703. The topological polar surface area (TPSA) is 147 Å². The van der Waals surface area contributed by atoms with Crippen molar-refractivity contribution in [3.63, 3.8) is 0 Å². The molecule has 2 rings (SSSR count). The second-order valence-electron chi connectivity index (χ2n) is 6.36. The summed E-state index contributed by atoms with van der Waals surface area (Å²) in [5.41, 5.74) is 4.46. The smallest absolute Gasteiger partial charge is 0.373 e. The lowest BCUT2D eigenvalue weighted by Gasteiger charge is -2.29. The molecule has 2 saturated carbocycles. The van der Waals surface area contributed by atoms with Crippen molar-refractivity contribution >= 4 is 30.4 Å². The summed E-state index contributed by atoms with van der Waals surface area (Å²) in [5.74, 6) is -1.38. The molecule has 2 aliphatic carbocycles. The van der Waals surface area contributed by atoms with Crippen LogP contribution in [0.25, 0.3) is 0 Å². The lowest BCUT2D eigenvalue weighted by molar-refractivity contribution is -0.191. The van der Waals surface area contributed by atoms with Crippen molar-refractivity contribution in [1.29, 1.82) is 0 Å². The Hall–Kier alpha value is -1.47. The Bertz CT molecular complexity index is 480. The first-order valence-corrected chi connectivity index (χ1v) is 7.18. The van der Waals surface area contributed by atoms with E-state index in [0.717, 1.165) is 0 Å². The molecular weight excluding hydrogens is 328 g/mol. The van der Waals surface area contributed by atoms with Gasteiger partial charge in [0.2, 0.25) is 5.91 Å². The van der Waals surface area contributed by atoms with Crippen LogP contribution in [0, 0.1) is 17.8 Å². The Labute approximate surface area is 140 Å². The van der Waals surface area contributed by atoms with Crippen LogP contribution in [0.15, 0.2) is 0 Å². The highest BCUT2D eigenvalue weighted by Gasteiger charge is 2.67. The van der Waals surface area contributed by atoms with Crippen LogP contribution in [0.1, 0.15) is 33.1 Å². The number of nitrogens with one attached hydrogen (secondary N) is 1. The fraction of sp³-hybridized carbons (Fsp3) is 0.786. The largest absolute Gasteiger partial charge is 0.479 e. The highest BCUT2D eigenvalue weighted by Crippen LogP contribution is 2.57. The minimum absolute atomic E-state index is 0. The fourth-order valence-corrected chi connectivity index (χ4v) is 3.21. The number of carbonyl (C=O) groups is 2. The minimum atomic E-state index is -1.32. The maximum atomic E-state index is 12.0. The van der Waals surface area contributed by atoms with E-state index in [1.165, 1.54) is 0 Å². The predicted molar refractivity (Wildman–Crippen MR) is 80.4 cm³/mol. The Morgan fingerprint density at radius 2 is 1.91 bits per heavy atom. The van der Waals surface area contributed by atoms with Gasteiger partial charge >= 0.3 is 12.1 Å².